The van der Waals surface area contributed by atoms with E-state index in [0.717, 1.165) is 17.8 Å². The van der Waals surface area contributed by atoms with Gasteiger partial charge in [-0.15, -0.1) is 0 Å². The van der Waals surface area contributed by atoms with E-state index in [0.29, 0.717) is 6.61 Å². The Hall–Kier alpha value is -1.62. The van der Waals surface area contributed by atoms with Gasteiger partial charge >= 0.3 is 0 Å². The van der Waals surface area contributed by atoms with Crippen LogP contribution in [0.3, 0.4) is 0 Å². The Kier molecular flexibility index (Phi) is 2.82. The van der Waals surface area contributed by atoms with Gasteiger partial charge in [0, 0.05) is 32.1 Å². The lowest BCUT2D eigenvalue weighted by molar-refractivity contribution is 0.183. The molecule has 0 radical (unpaired) electrons. The maximum Gasteiger partial charge on any atom is 0.0954 e. The Balaban J connectivity index is 2.13. The van der Waals surface area contributed by atoms with E-state index in [2.05, 4.69) is 10.2 Å². The molecule has 80 valence electrons. The monoisotopic (exact) mass is 206 g/mol. The lowest BCUT2D eigenvalue weighted by Crippen LogP contribution is -2.03. The largest absolute Gasteiger partial charge is 0.383 e. The van der Waals surface area contributed by atoms with E-state index >= 15 is 0 Å². The highest BCUT2D eigenvalue weighted by molar-refractivity contribution is 5.55. The normalized spacial score (nSPS) is 10.8. The summed E-state index contributed by atoms with van der Waals surface area (Å²) in [5, 5.41) is 8.53. The highest BCUT2D eigenvalue weighted by Crippen LogP contribution is 2.14. The molecule has 0 fully saturated rings. The van der Waals surface area contributed by atoms with E-state index in [1.807, 2.05) is 36.4 Å². The molecule has 0 saturated heterocycles. The van der Waals surface area contributed by atoms with Crippen molar-refractivity contribution in [1.82, 2.24) is 19.6 Å². The number of rotatable bonds is 4. The van der Waals surface area contributed by atoms with Gasteiger partial charge in [0.1, 0.15) is 0 Å². The van der Waals surface area contributed by atoms with E-state index in [-0.39, 0.29) is 0 Å². The minimum atomic E-state index is 0.670. The molecule has 0 atom stereocenters. The van der Waals surface area contributed by atoms with Gasteiger partial charge in [0.05, 0.1) is 25.0 Å². The number of methoxy groups -OCH3 is 1. The lowest BCUT2D eigenvalue weighted by Gasteiger charge is -1.97. The van der Waals surface area contributed by atoms with Crippen molar-refractivity contribution in [2.24, 2.45) is 7.05 Å². The number of hydrogen-bond donors (Lipinski definition) is 0. The molecule has 15 heavy (non-hydrogen) atoms. The molecule has 0 aliphatic carbocycles. The molecule has 2 heterocycles. The summed E-state index contributed by atoms with van der Waals surface area (Å²) in [6, 6.07) is 1.97. The summed E-state index contributed by atoms with van der Waals surface area (Å²) in [5.74, 6) is 0. The van der Waals surface area contributed by atoms with Crippen molar-refractivity contribution in [3.8, 4) is 11.3 Å². The van der Waals surface area contributed by atoms with E-state index < -0.39 is 0 Å². The second-order valence-corrected chi connectivity index (χ2v) is 3.36. The van der Waals surface area contributed by atoms with Crippen LogP contribution in [0.15, 0.2) is 24.7 Å². The number of ether oxygens (including phenoxy) is 1. The molecule has 0 bridgehead atoms. The van der Waals surface area contributed by atoms with Crippen LogP contribution in [0.25, 0.3) is 11.3 Å². The van der Waals surface area contributed by atoms with Crippen LogP contribution < -0.4 is 0 Å². The van der Waals surface area contributed by atoms with Gasteiger partial charge in [0.2, 0.25) is 0 Å². The fourth-order valence-electron chi connectivity index (χ4n) is 1.37. The Morgan fingerprint density at radius 1 is 1.47 bits per heavy atom. The number of nitrogens with zero attached hydrogens (tertiary/aromatic N) is 4. The summed E-state index contributed by atoms with van der Waals surface area (Å²) in [7, 11) is 3.59. The molecular weight excluding hydrogens is 192 g/mol. The molecule has 2 aromatic rings. The van der Waals surface area contributed by atoms with Gasteiger partial charge in [-0.05, 0) is 6.07 Å². The number of aryl methyl sites for hydroxylation is 1. The third-order valence-corrected chi connectivity index (χ3v) is 2.17. The topological polar surface area (TPSA) is 44.9 Å². The van der Waals surface area contributed by atoms with E-state index in [1.165, 1.54) is 0 Å². The first-order valence-corrected chi connectivity index (χ1v) is 4.81. The van der Waals surface area contributed by atoms with Crippen LogP contribution in [-0.2, 0) is 18.3 Å². The van der Waals surface area contributed by atoms with Crippen LogP contribution in [-0.4, -0.2) is 33.3 Å². The molecule has 0 amide bonds. The Bertz CT molecular complexity index is 432. The van der Waals surface area contributed by atoms with Crippen molar-refractivity contribution >= 4 is 0 Å². The summed E-state index contributed by atoms with van der Waals surface area (Å²) in [6.45, 7) is 1.44. The maximum atomic E-state index is 4.98. The summed E-state index contributed by atoms with van der Waals surface area (Å²) in [4.78, 5) is 0. The zero-order valence-electron chi connectivity index (χ0n) is 8.92. The summed E-state index contributed by atoms with van der Waals surface area (Å²) >= 11 is 0. The minimum Gasteiger partial charge on any atom is -0.383 e. The second-order valence-electron chi connectivity index (χ2n) is 3.36. The predicted molar refractivity (Wildman–Crippen MR) is 56.3 cm³/mol. The quantitative estimate of drug-likeness (QED) is 0.747. The molecule has 0 aromatic carbocycles. The first kappa shape index (κ1) is 9.92. The summed E-state index contributed by atoms with van der Waals surface area (Å²) < 4.78 is 8.62. The highest BCUT2D eigenvalue weighted by Gasteiger charge is 2.03. The van der Waals surface area contributed by atoms with Crippen LogP contribution in [0.4, 0.5) is 0 Å². The molecule has 2 aromatic heterocycles. The molecule has 2 rings (SSSR count). The van der Waals surface area contributed by atoms with Crippen molar-refractivity contribution in [3.05, 3.63) is 24.7 Å². The molecular formula is C10H14N4O. The lowest BCUT2D eigenvalue weighted by atomic mass is 10.3. The van der Waals surface area contributed by atoms with Gasteiger partial charge in [-0.1, -0.05) is 0 Å². The number of aromatic nitrogens is 4. The number of hydrogen-bond acceptors (Lipinski definition) is 3. The van der Waals surface area contributed by atoms with Crippen molar-refractivity contribution < 1.29 is 4.74 Å². The molecule has 0 N–H and O–H groups in total. The molecule has 0 unspecified atom stereocenters. The van der Waals surface area contributed by atoms with Crippen molar-refractivity contribution in [2.75, 3.05) is 13.7 Å². The molecule has 0 aliphatic heterocycles. The SMILES string of the molecule is COCCn1cc(-c2ccn(C)n2)cn1. The molecule has 0 aliphatic rings. The summed E-state index contributed by atoms with van der Waals surface area (Å²) in [6.07, 6.45) is 5.71. The average molecular weight is 206 g/mol. The highest BCUT2D eigenvalue weighted by atomic mass is 16.5. The fourth-order valence-corrected chi connectivity index (χ4v) is 1.37. The van der Waals surface area contributed by atoms with Gasteiger partial charge in [-0.25, -0.2) is 0 Å². The van der Waals surface area contributed by atoms with E-state index in [1.54, 1.807) is 11.8 Å². The van der Waals surface area contributed by atoms with Crippen LogP contribution in [0.5, 0.6) is 0 Å². The van der Waals surface area contributed by atoms with Crippen LogP contribution in [0.1, 0.15) is 0 Å². The Labute approximate surface area is 88.3 Å². The first-order chi connectivity index (χ1) is 7.29. The zero-order chi connectivity index (χ0) is 10.7. The van der Waals surface area contributed by atoms with Crippen LogP contribution >= 0.6 is 0 Å². The third-order valence-electron chi connectivity index (χ3n) is 2.17. The van der Waals surface area contributed by atoms with Crippen LogP contribution in [0, 0.1) is 0 Å². The van der Waals surface area contributed by atoms with Gasteiger partial charge in [0.15, 0.2) is 0 Å². The predicted octanol–water partition coefficient (Wildman–Crippen LogP) is 0.930. The standard InChI is InChI=1S/C10H14N4O/c1-13-4-3-10(12-13)9-7-11-14(8-9)5-6-15-2/h3-4,7-8H,5-6H2,1-2H3. The van der Waals surface area contributed by atoms with E-state index in [9.17, 15) is 0 Å². The Morgan fingerprint density at radius 2 is 2.33 bits per heavy atom. The third kappa shape index (κ3) is 2.24. The molecule has 5 nitrogen and oxygen atoms in total. The fraction of sp³-hybridized carbons (Fsp3) is 0.400. The van der Waals surface area contributed by atoms with Crippen molar-refractivity contribution in [3.63, 3.8) is 0 Å². The molecule has 0 saturated carbocycles. The van der Waals surface area contributed by atoms with Crippen LogP contribution in [0.2, 0.25) is 0 Å². The van der Waals surface area contributed by atoms with Gasteiger partial charge < -0.3 is 4.74 Å². The maximum absolute atomic E-state index is 4.98. The van der Waals surface area contributed by atoms with Gasteiger partial charge in [0.25, 0.3) is 0 Å². The molecule has 5 heteroatoms. The average Bonchev–Trinajstić information content (AvgIpc) is 2.83. The van der Waals surface area contributed by atoms with Crippen molar-refractivity contribution in [1.29, 1.82) is 0 Å². The minimum absolute atomic E-state index is 0.670. The van der Waals surface area contributed by atoms with E-state index in [4.69, 9.17) is 4.74 Å². The van der Waals surface area contributed by atoms with Gasteiger partial charge in [-0.3, -0.25) is 9.36 Å². The Morgan fingerprint density at radius 3 is 3.00 bits per heavy atom. The molecule has 0 spiro atoms. The van der Waals surface area contributed by atoms with Crippen molar-refractivity contribution in [2.45, 2.75) is 6.54 Å². The van der Waals surface area contributed by atoms with Gasteiger partial charge in [-0.2, -0.15) is 10.2 Å². The smallest absolute Gasteiger partial charge is 0.0954 e. The zero-order valence-corrected chi connectivity index (χ0v) is 8.92. The first-order valence-electron chi connectivity index (χ1n) is 4.81. The summed E-state index contributed by atoms with van der Waals surface area (Å²) in [5.41, 5.74) is 1.98. The second kappa shape index (κ2) is 4.27.